The third-order valence-electron chi connectivity index (χ3n) is 4.24. The van der Waals surface area contributed by atoms with Crippen molar-refractivity contribution in [2.75, 3.05) is 13.2 Å². The highest BCUT2D eigenvalue weighted by Gasteiger charge is 2.33. The molecule has 116 valence electrons. The van der Waals surface area contributed by atoms with E-state index in [-0.39, 0.29) is 5.79 Å². The number of hydrogen-bond donors (Lipinski definition) is 0. The van der Waals surface area contributed by atoms with Gasteiger partial charge in [-0.1, -0.05) is 6.92 Å². The van der Waals surface area contributed by atoms with Crippen LogP contribution in [0.2, 0.25) is 19.6 Å². The molecular weight excluding hydrogens is 268 g/mol. The molecule has 1 aliphatic carbocycles. The highest BCUT2D eigenvalue weighted by Crippen LogP contribution is 2.36. The maximum Gasteiger partial charge on any atom is 0.241 e. The van der Waals surface area contributed by atoms with E-state index >= 15 is 0 Å². The topological polar surface area (TPSA) is 27.7 Å². The summed E-state index contributed by atoms with van der Waals surface area (Å²) >= 11 is 0. The van der Waals surface area contributed by atoms with Crippen LogP contribution in [0, 0.1) is 11.8 Å². The van der Waals surface area contributed by atoms with Crippen LogP contribution in [0.4, 0.5) is 0 Å². The predicted octanol–water partition coefficient (Wildman–Crippen LogP) is 4.31. The number of hydrogen-bond acceptors (Lipinski definition) is 3. The Labute approximate surface area is 124 Å². The molecule has 2 aliphatic rings. The van der Waals surface area contributed by atoms with Gasteiger partial charge in [0.1, 0.15) is 0 Å². The van der Waals surface area contributed by atoms with Gasteiger partial charge in [-0.2, -0.15) is 0 Å². The molecule has 2 rings (SSSR count). The van der Waals surface area contributed by atoms with Crippen molar-refractivity contribution >= 4 is 8.32 Å². The van der Waals surface area contributed by atoms with Crippen molar-refractivity contribution in [1.29, 1.82) is 0 Å². The van der Waals surface area contributed by atoms with E-state index in [4.69, 9.17) is 13.9 Å². The van der Waals surface area contributed by atoms with Gasteiger partial charge in [-0.3, -0.25) is 0 Å². The number of allylic oxidation sites excluding steroid dienone is 2. The zero-order chi connectivity index (χ0) is 14.8. The fraction of sp³-hybridized carbons (Fsp3) is 0.875. The first-order valence-corrected chi connectivity index (χ1v) is 11.4. The first-order chi connectivity index (χ1) is 9.27. The minimum absolute atomic E-state index is 0.356. The first-order valence-electron chi connectivity index (χ1n) is 7.95. The highest BCUT2D eigenvalue weighted by molar-refractivity contribution is 6.70. The zero-order valence-electron chi connectivity index (χ0n) is 13.7. The van der Waals surface area contributed by atoms with Crippen LogP contribution in [0.1, 0.15) is 39.5 Å². The van der Waals surface area contributed by atoms with Crippen LogP contribution in [0.25, 0.3) is 0 Å². The van der Waals surface area contributed by atoms with E-state index in [1.165, 1.54) is 12.2 Å². The Morgan fingerprint density at radius 3 is 2.55 bits per heavy atom. The molecule has 2 atom stereocenters. The molecule has 0 bridgehead atoms. The summed E-state index contributed by atoms with van der Waals surface area (Å²) in [6.07, 6.45) is 6.81. The smallest absolute Gasteiger partial charge is 0.241 e. The largest absolute Gasteiger partial charge is 0.548 e. The molecule has 20 heavy (non-hydrogen) atoms. The van der Waals surface area contributed by atoms with Gasteiger partial charge in [0, 0.05) is 12.8 Å². The standard InChI is InChI=1S/C16H30O3Si/c1-13-6-7-15(19-20(3,4)5)12-14(13)8-9-16(2)17-10-11-18-16/h12-14H,6-11H2,1-5H3/t13-,14?/m1/s1. The van der Waals surface area contributed by atoms with Gasteiger partial charge in [0.25, 0.3) is 0 Å². The van der Waals surface area contributed by atoms with Crippen molar-refractivity contribution in [2.24, 2.45) is 11.8 Å². The second-order valence-electron chi connectivity index (χ2n) is 7.40. The van der Waals surface area contributed by atoms with E-state index in [1.54, 1.807) is 0 Å². The lowest BCUT2D eigenvalue weighted by Crippen LogP contribution is -2.29. The number of ether oxygens (including phenoxy) is 2. The van der Waals surface area contributed by atoms with Crippen molar-refractivity contribution in [3.8, 4) is 0 Å². The van der Waals surface area contributed by atoms with E-state index in [0.717, 1.165) is 38.4 Å². The average molecular weight is 298 g/mol. The van der Waals surface area contributed by atoms with Gasteiger partial charge in [0.15, 0.2) is 5.79 Å². The minimum atomic E-state index is -1.48. The van der Waals surface area contributed by atoms with E-state index in [2.05, 4.69) is 39.6 Å². The molecule has 0 aromatic heterocycles. The molecule has 1 fully saturated rings. The summed E-state index contributed by atoms with van der Waals surface area (Å²) in [4.78, 5) is 0. The monoisotopic (exact) mass is 298 g/mol. The normalized spacial score (nSPS) is 30.1. The Bertz CT molecular complexity index is 353. The molecule has 4 heteroatoms. The fourth-order valence-electron chi connectivity index (χ4n) is 3.05. The van der Waals surface area contributed by atoms with E-state index in [9.17, 15) is 0 Å². The summed E-state index contributed by atoms with van der Waals surface area (Å²) in [7, 11) is -1.48. The van der Waals surface area contributed by atoms with Crippen molar-refractivity contribution in [3.05, 3.63) is 11.8 Å². The van der Waals surface area contributed by atoms with Crippen LogP contribution in [0.15, 0.2) is 11.8 Å². The zero-order valence-corrected chi connectivity index (χ0v) is 14.7. The molecule has 0 aromatic rings. The lowest BCUT2D eigenvalue weighted by molar-refractivity contribution is -0.149. The summed E-state index contributed by atoms with van der Waals surface area (Å²) in [5.41, 5.74) is 0. The van der Waals surface area contributed by atoms with Gasteiger partial charge >= 0.3 is 0 Å². The lowest BCUT2D eigenvalue weighted by Gasteiger charge is -2.32. The Morgan fingerprint density at radius 2 is 1.95 bits per heavy atom. The lowest BCUT2D eigenvalue weighted by atomic mass is 9.81. The summed E-state index contributed by atoms with van der Waals surface area (Å²) in [6.45, 7) is 12.6. The molecule has 1 aliphatic heterocycles. The average Bonchev–Trinajstić information content (AvgIpc) is 2.76. The molecule has 0 aromatic carbocycles. The fourth-order valence-corrected chi connectivity index (χ4v) is 4.00. The van der Waals surface area contributed by atoms with E-state index in [0.29, 0.717) is 5.92 Å². The molecule has 1 heterocycles. The number of rotatable bonds is 5. The van der Waals surface area contributed by atoms with Gasteiger partial charge in [0.05, 0.1) is 19.0 Å². The Kier molecular flexibility index (Phi) is 4.98. The molecule has 0 spiro atoms. The highest BCUT2D eigenvalue weighted by atomic mass is 28.4. The Morgan fingerprint density at radius 1 is 1.30 bits per heavy atom. The van der Waals surface area contributed by atoms with E-state index < -0.39 is 8.32 Å². The van der Waals surface area contributed by atoms with Crippen LogP contribution in [0.3, 0.4) is 0 Å². The second-order valence-corrected chi connectivity index (χ2v) is 11.8. The van der Waals surface area contributed by atoms with Crippen molar-refractivity contribution in [2.45, 2.75) is 65.0 Å². The Balaban J connectivity index is 1.92. The van der Waals surface area contributed by atoms with Gasteiger partial charge < -0.3 is 13.9 Å². The molecule has 1 unspecified atom stereocenters. The summed E-state index contributed by atoms with van der Waals surface area (Å²) in [5.74, 6) is 2.20. The van der Waals surface area contributed by atoms with Crippen LogP contribution in [-0.2, 0) is 13.9 Å². The first kappa shape index (κ1) is 16.1. The quantitative estimate of drug-likeness (QED) is 0.708. The third-order valence-corrected chi connectivity index (χ3v) is 5.12. The van der Waals surface area contributed by atoms with Gasteiger partial charge in [-0.15, -0.1) is 0 Å². The molecule has 3 nitrogen and oxygen atoms in total. The van der Waals surface area contributed by atoms with E-state index in [1.807, 2.05) is 0 Å². The summed E-state index contributed by atoms with van der Waals surface area (Å²) < 4.78 is 17.6. The SMILES string of the molecule is C[C@@H]1CCC(O[Si](C)(C)C)=CC1CCC1(C)OCCO1. The second kappa shape index (κ2) is 6.20. The molecular formula is C16H30O3Si. The van der Waals surface area contributed by atoms with Gasteiger partial charge in [-0.25, -0.2) is 0 Å². The molecule has 0 amide bonds. The third kappa shape index (κ3) is 4.60. The van der Waals surface area contributed by atoms with Crippen LogP contribution in [-0.4, -0.2) is 27.3 Å². The minimum Gasteiger partial charge on any atom is -0.548 e. The van der Waals surface area contributed by atoms with Crippen molar-refractivity contribution in [1.82, 2.24) is 0 Å². The summed E-state index contributed by atoms with van der Waals surface area (Å²) in [6, 6.07) is 0. The molecule has 0 N–H and O–H groups in total. The molecule has 0 radical (unpaired) electrons. The summed E-state index contributed by atoms with van der Waals surface area (Å²) in [5, 5.41) is 0. The molecule has 1 saturated heterocycles. The van der Waals surface area contributed by atoms with Crippen LogP contribution >= 0.6 is 0 Å². The molecule has 0 saturated carbocycles. The van der Waals surface area contributed by atoms with Crippen LogP contribution in [0.5, 0.6) is 0 Å². The van der Waals surface area contributed by atoms with Gasteiger partial charge in [-0.05, 0) is 57.3 Å². The maximum absolute atomic E-state index is 6.19. The Hall–Kier alpha value is -0.323. The maximum atomic E-state index is 6.19. The predicted molar refractivity (Wildman–Crippen MR) is 83.9 cm³/mol. The van der Waals surface area contributed by atoms with Crippen LogP contribution < -0.4 is 0 Å². The van der Waals surface area contributed by atoms with Crippen molar-refractivity contribution in [3.63, 3.8) is 0 Å². The van der Waals surface area contributed by atoms with Crippen molar-refractivity contribution < 1.29 is 13.9 Å². The van der Waals surface area contributed by atoms with Gasteiger partial charge in [0.2, 0.25) is 8.32 Å².